The van der Waals surface area contributed by atoms with Crippen LogP contribution in [0, 0.1) is 29.1 Å². The van der Waals surface area contributed by atoms with E-state index in [0.29, 0.717) is 17.8 Å². The smallest absolute Gasteiger partial charge is 0.158 e. The van der Waals surface area contributed by atoms with Crippen molar-refractivity contribution in [3.05, 3.63) is 12.2 Å². The molecule has 0 aromatic carbocycles. The Balaban J connectivity index is 1.66. The van der Waals surface area contributed by atoms with Gasteiger partial charge < -0.3 is 5.11 Å². The first-order valence-corrected chi connectivity index (χ1v) is 8.45. The van der Waals surface area contributed by atoms with Crippen molar-refractivity contribution >= 4 is 5.78 Å². The van der Waals surface area contributed by atoms with Crippen molar-refractivity contribution in [2.75, 3.05) is 0 Å². The van der Waals surface area contributed by atoms with Crippen LogP contribution in [0.5, 0.6) is 0 Å². The third kappa shape index (κ3) is 1.70. The molecule has 1 unspecified atom stereocenters. The van der Waals surface area contributed by atoms with E-state index in [1.165, 1.54) is 32.1 Å². The summed E-state index contributed by atoms with van der Waals surface area (Å²) in [6.45, 7) is 2.50. The molecule has 0 radical (unpaired) electrons. The van der Waals surface area contributed by atoms with Crippen LogP contribution in [0.25, 0.3) is 0 Å². The van der Waals surface area contributed by atoms with E-state index < -0.39 is 5.60 Å². The van der Waals surface area contributed by atoms with Gasteiger partial charge in [-0.25, -0.2) is 0 Å². The van der Waals surface area contributed by atoms with E-state index in [9.17, 15) is 9.90 Å². The van der Waals surface area contributed by atoms with Gasteiger partial charge in [-0.3, -0.25) is 4.79 Å². The van der Waals surface area contributed by atoms with Crippen molar-refractivity contribution in [3.63, 3.8) is 0 Å². The van der Waals surface area contributed by atoms with E-state index in [1.807, 2.05) is 0 Å². The Morgan fingerprint density at radius 3 is 2.80 bits per heavy atom. The van der Waals surface area contributed by atoms with Gasteiger partial charge in [-0.2, -0.15) is 0 Å². The second kappa shape index (κ2) is 4.19. The average molecular weight is 274 g/mol. The van der Waals surface area contributed by atoms with Gasteiger partial charge >= 0.3 is 0 Å². The summed E-state index contributed by atoms with van der Waals surface area (Å²) in [5.74, 6) is 2.64. The lowest BCUT2D eigenvalue weighted by Gasteiger charge is -2.56. The minimum absolute atomic E-state index is 0.115. The van der Waals surface area contributed by atoms with Gasteiger partial charge in [0.05, 0.1) is 5.60 Å². The standard InChI is InChI=1S/C18H26O2/c1-17-8-2-3-15(17)13-7-10-18(20)11-12(19)4-5-16(18)14(13)6-9-17/h4-5,13-16,20H,2-3,6-11H2,1H3/t13-,14+,15+,16-,17+,18?/m1/s1. The molecule has 3 fully saturated rings. The quantitative estimate of drug-likeness (QED) is 0.734. The molecule has 110 valence electrons. The Morgan fingerprint density at radius 1 is 1.15 bits per heavy atom. The number of hydrogen-bond acceptors (Lipinski definition) is 2. The van der Waals surface area contributed by atoms with Crippen LogP contribution in [0.1, 0.15) is 58.3 Å². The average Bonchev–Trinajstić information content (AvgIpc) is 2.79. The third-order valence-electron chi connectivity index (χ3n) is 7.24. The molecule has 0 aromatic heterocycles. The second-order valence-electron chi connectivity index (χ2n) is 8.19. The second-order valence-corrected chi connectivity index (χ2v) is 8.19. The topological polar surface area (TPSA) is 37.3 Å². The predicted molar refractivity (Wildman–Crippen MR) is 78.1 cm³/mol. The Bertz CT molecular complexity index is 468. The minimum atomic E-state index is -0.723. The first-order valence-electron chi connectivity index (χ1n) is 8.45. The van der Waals surface area contributed by atoms with Crippen molar-refractivity contribution in [3.8, 4) is 0 Å². The normalized spacial score (nSPS) is 54.2. The van der Waals surface area contributed by atoms with Crippen molar-refractivity contribution in [2.24, 2.45) is 29.1 Å². The maximum atomic E-state index is 11.7. The van der Waals surface area contributed by atoms with Crippen molar-refractivity contribution in [1.82, 2.24) is 0 Å². The highest BCUT2D eigenvalue weighted by molar-refractivity contribution is 5.91. The highest BCUT2D eigenvalue weighted by Gasteiger charge is 2.56. The number of aliphatic hydroxyl groups is 1. The monoisotopic (exact) mass is 274 g/mol. The molecule has 4 rings (SSSR count). The zero-order valence-electron chi connectivity index (χ0n) is 12.5. The molecule has 20 heavy (non-hydrogen) atoms. The van der Waals surface area contributed by atoms with Gasteiger partial charge in [0.2, 0.25) is 0 Å². The number of hydrogen-bond donors (Lipinski definition) is 1. The molecule has 1 N–H and O–H groups in total. The molecule has 0 heterocycles. The molecule has 0 aliphatic heterocycles. The van der Waals surface area contributed by atoms with Crippen molar-refractivity contribution < 1.29 is 9.90 Å². The van der Waals surface area contributed by atoms with E-state index in [0.717, 1.165) is 24.7 Å². The molecule has 0 aromatic rings. The number of rotatable bonds is 0. The summed E-state index contributed by atoms with van der Waals surface area (Å²) in [5.41, 5.74) is -0.149. The zero-order chi connectivity index (χ0) is 14.0. The number of ketones is 1. The summed E-state index contributed by atoms with van der Waals surface area (Å²) in [6, 6.07) is 0. The Labute approximate surface area is 121 Å². The Kier molecular flexibility index (Phi) is 2.74. The fraction of sp³-hybridized carbons (Fsp3) is 0.833. The van der Waals surface area contributed by atoms with Crippen LogP contribution in [0.2, 0.25) is 0 Å². The molecule has 4 aliphatic carbocycles. The van der Waals surface area contributed by atoms with Gasteiger partial charge in [-0.15, -0.1) is 0 Å². The lowest BCUT2D eigenvalue weighted by atomic mass is 9.50. The van der Waals surface area contributed by atoms with Crippen molar-refractivity contribution in [1.29, 1.82) is 0 Å². The summed E-state index contributed by atoms with van der Waals surface area (Å²) in [5, 5.41) is 10.9. The number of allylic oxidation sites excluding steroid dienone is 1. The minimum Gasteiger partial charge on any atom is -0.389 e. The maximum Gasteiger partial charge on any atom is 0.158 e. The van der Waals surface area contributed by atoms with E-state index >= 15 is 0 Å². The Hall–Kier alpha value is -0.630. The van der Waals surface area contributed by atoms with E-state index in [-0.39, 0.29) is 11.7 Å². The summed E-state index contributed by atoms with van der Waals surface area (Å²) in [6.07, 6.45) is 12.9. The zero-order valence-corrected chi connectivity index (χ0v) is 12.5. The fourth-order valence-electron chi connectivity index (χ4n) is 6.25. The van der Waals surface area contributed by atoms with Crippen LogP contribution in [0.3, 0.4) is 0 Å². The molecule has 0 amide bonds. The first-order chi connectivity index (χ1) is 9.52. The highest BCUT2D eigenvalue weighted by atomic mass is 16.3. The van der Waals surface area contributed by atoms with Crippen LogP contribution in [-0.2, 0) is 4.79 Å². The molecular weight excluding hydrogens is 248 g/mol. The van der Waals surface area contributed by atoms with Crippen LogP contribution in [-0.4, -0.2) is 16.5 Å². The number of carbonyl (C=O) groups is 1. The van der Waals surface area contributed by atoms with Gasteiger partial charge in [0, 0.05) is 12.3 Å². The molecule has 0 bridgehead atoms. The van der Waals surface area contributed by atoms with Crippen molar-refractivity contribution in [2.45, 2.75) is 63.9 Å². The molecule has 3 saturated carbocycles. The van der Waals surface area contributed by atoms with Gasteiger partial charge in [-0.05, 0) is 67.8 Å². The van der Waals surface area contributed by atoms with Crippen LogP contribution >= 0.6 is 0 Å². The lowest BCUT2D eigenvalue weighted by Crippen LogP contribution is -2.54. The van der Waals surface area contributed by atoms with Gasteiger partial charge in [-0.1, -0.05) is 19.4 Å². The Morgan fingerprint density at radius 2 is 1.95 bits per heavy atom. The van der Waals surface area contributed by atoms with Gasteiger partial charge in [0.25, 0.3) is 0 Å². The number of fused-ring (bicyclic) bond motifs is 5. The fourth-order valence-corrected chi connectivity index (χ4v) is 6.25. The molecule has 2 nitrogen and oxygen atoms in total. The van der Waals surface area contributed by atoms with Crippen LogP contribution < -0.4 is 0 Å². The van der Waals surface area contributed by atoms with E-state index in [1.54, 1.807) is 6.08 Å². The van der Waals surface area contributed by atoms with E-state index in [4.69, 9.17) is 0 Å². The summed E-state index contributed by atoms with van der Waals surface area (Å²) in [7, 11) is 0. The van der Waals surface area contributed by atoms with E-state index in [2.05, 4.69) is 13.0 Å². The van der Waals surface area contributed by atoms with Gasteiger partial charge in [0.1, 0.15) is 0 Å². The predicted octanol–water partition coefficient (Wildman–Crippen LogP) is 3.49. The summed E-state index contributed by atoms with van der Waals surface area (Å²) in [4.78, 5) is 11.7. The largest absolute Gasteiger partial charge is 0.389 e. The molecule has 4 aliphatic rings. The molecule has 0 saturated heterocycles. The summed E-state index contributed by atoms with van der Waals surface area (Å²) >= 11 is 0. The third-order valence-corrected chi connectivity index (χ3v) is 7.24. The molecule has 6 atom stereocenters. The molecule has 2 heteroatoms. The molecule has 0 spiro atoms. The SMILES string of the molecule is C[C@@]12CCC[C@H]1[C@@H]1CCC3(O)CC(=O)C=C[C@@H]3[C@H]1CC2. The maximum absolute atomic E-state index is 11.7. The first kappa shape index (κ1) is 13.1. The highest BCUT2D eigenvalue weighted by Crippen LogP contribution is 2.62. The molecular formula is C18H26O2. The van der Waals surface area contributed by atoms with Crippen LogP contribution in [0.4, 0.5) is 0 Å². The van der Waals surface area contributed by atoms with Gasteiger partial charge in [0.15, 0.2) is 5.78 Å². The van der Waals surface area contributed by atoms with Crippen LogP contribution in [0.15, 0.2) is 12.2 Å². The summed E-state index contributed by atoms with van der Waals surface area (Å²) < 4.78 is 0. The number of carbonyl (C=O) groups excluding carboxylic acids is 1. The lowest BCUT2D eigenvalue weighted by molar-refractivity contribution is -0.139.